The minimum atomic E-state index is -0.588. The summed E-state index contributed by atoms with van der Waals surface area (Å²) in [6, 6.07) is 12.7. The largest absolute Gasteiger partial charge is 0.481 e. The van der Waals surface area contributed by atoms with Crippen molar-refractivity contribution in [2.24, 2.45) is 0 Å². The zero-order valence-corrected chi connectivity index (χ0v) is 15.0. The lowest BCUT2D eigenvalue weighted by atomic mass is 10.1. The molecule has 0 N–H and O–H groups in total. The molecule has 1 aliphatic rings. The van der Waals surface area contributed by atoms with Gasteiger partial charge in [0, 0.05) is 18.1 Å². The molecule has 6 heteroatoms. The molecular formula is C19H20ClNO4. The van der Waals surface area contributed by atoms with Gasteiger partial charge in [-0.1, -0.05) is 17.7 Å². The van der Waals surface area contributed by atoms with Gasteiger partial charge in [-0.2, -0.15) is 0 Å². The van der Waals surface area contributed by atoms with Crippen molar-refractivity contribution in [3.63, 3.8) is 0 Å². The molecule has 0 fully saturated rings. The van der Waals surface area contributed by atoms with Crippen molar-refractivity contribution in [3.8, 4) is 17.2 Å². The lowest BCUT2D eigenvalue weighted by Crippen LogP contribution is -2.39. The van der Waals surface area contributed by atoms with Crippen LogP contribution in [-0.4, -0.2) is 30.2 Å². The first kappa shape index (κ1) is 17.4. The van der Waals surface area contributed by atoms with E-state index in [4.69, 9.17) is 25.8 Å². The highest BCUT2D eigenvalue weighted by Crippen LogP contribution is 2.32. The van der Waals surface area contributed by atoms with E-state index >= 15 is 0 Å². The fourth-order valence-corrected chi connectivity index (χ4v) is 2.76. The summed E-state index contributed by atoms with van der Waals surface area (Å²) >= 11 is 5.86. The van der Waals surface area contributed by atoms with Crippen LogP contribution in [0, 0.1) is 0 Å². The number of fused-ring (bicyclic) bond motifs is 1. The molecule has 25 heavy (non-hydrogen) atoms. The summed E-state index contributed by atoms with van der Waals surface area (Å²) in [7, 11) is 0. The number of amides is 1. The van der Waals surface area contributed by atoms with Crippen LogP contribution in [0.3, 0.4) is 0 Å². The second-order valence-corrected chi connectivity index (χ2v) is 6.19. The molecule has 0 saturated heterocycles. The van der Waals surface area contributed by atoms with Crippen LogP contribution in [0.4, 0.5) is 0 Å². The van der Waals surface area contributed by atoms with Crippen LogP contribution in [0.15, 0.2) is 42.5 Å². The summed E-state index contributed by atoms with van der Waals surface area (Å²) in [5.41, 5.74) is 0.984. The Kier molecular flexibility index (Phi) is 5.34. The number of nitrogens with zero attached hydrogens (tertiary/aromatic N) is 1. The van der Waals surface area contributed by atoms with Crippen LogP contribution < -0.4 is 14.2 Å². The number of benzene rings is 2. The van der Waals surface area contributed by atoms with Crippen molar-refractivity contribution in [2.45, 2.75) is 26.5 Å². The normalized spacial score (nSPS) is 13.4. The van der Waals surface area contributed by atoms with Crippen LogP contribution in [0.1, 0.15) is 19.4 Å². The van der Waals surface area contributed by atoms with Gasteiger partial charge in [-0.05, 0) is 55.8 Å². The maximum Gasteiger partial charge on any atom is 0.263 e. The van der Waals surface area contributed by atoms with E-state index in [9.17, 15) is 4.79 Å². The van der Waals surface area contributed by atoms with Gasteiger partial charge < -0.3 is 19.1 Å². The monoisotopic (exact) mass is 361 g/mol. The molecule has 2 aromatic carbocycles. The van der Waals surface area contributed by atoms with E-state index < -0.39 is 6.10 Å². The van der Waals surface area contributed by atoms with Gasteiger partial charge in [-0.3, -0.25) is 4.79 Å². The highest BCUT2D eigenvalue weighted by Gasteiger charge is 2.22. The molecule has 0 radical (unpaired) electrons. The summed E-state index contributed by atoms with van der Waals surface area (Å²) < 4.78 is 16.4. The molecule has 1 atom stereocenters. The lowest BCUT2D eigenvalue weighted by Gasteiger charge is -2.25. The van der Waals surface area contributed by atoms with Crippen molar-refractivity contribution < 1.29 is 19.0 Å². The Morgan fingerprint density at radius 1 is 1.20 bits per heavy atom. The van der Waals surface area contributed by atoms with Gasteiger partial charge >= 0.3 is 0 Å². The third-order valence-electron chi connectivity index (χ3n) is 3.98. The first-order chi connectivity index (χ1) is 12.1. The average Bonchev–Trinajstić information content (AvgIpc) is 3.08. The van der Waals surface area contributed by atoms with E-state index in [1.165, 1.54) is 0 Å². The van der Waals surface area contributed by atoms with Gasteiger partial charge in [0.1, 0.15) is 5.75 Å². The summed E-state index contributed by atoms with van der Waals surface area (Å²) in [5, 5.41) is 0.629. The Bertz CT molecular complexity index is 748. The zero-order chi connectivity index (χ0) is 17.8. The zero-order valence-electron chi connectivity index (χ0n) is 14.2. The number of rotatable bonds is 6. The van der Waals surface area contributed by atoms with Crippen LogP contribution in [0.25, 0.3) is 0 Å². The summed E-state index contributed by atoms with van der Waals surface area (Å²) in [5.74, 6) is 1.99. The van der Waals surface area contributed by atoms with E-state index in [1.54, 1.807) is 36.1 Å². The Balaban J connectivity index is 1.65. The molecule has 0 aromatic heterocycles. The number of hydrogen-bond donors (Lipinski definition) is 0. The Morgan fingerprint density at radius 3 is 2.64 bits per heavy atom. The molecule has 2 aromatic rings. The summed E-state index contributed by atoms with van der Waals surface area (Å²) in [6.45, 7) is 5.00. The number of carbonyl (C=O) groups excluding carboxylic acids is 1. The van der Waals surface area contributed by atoms with Crippen LogP contribution in [-0.2, 0) is 11.3 Å². The van der Waals surface area contributed by atoms with E-state index in [-0.39, 0.29) is 12.7 Å². The highest BCUT2D eigenvalue weighted by molar-refractivity contribution is 6.30. The molecule has 132 valence electrons. The molecule has 0 spiro atoms. The maximum absolute atomic E-state index is 12.7. The number of halogens is 1. The minimum Gasteiger partial charge on any atom is -0.481 e. The standard InChI is InChI=1S/C19H20ClNO4/c1-3-21(11-14-4-9-17-18(10-14)24-12-23-17)19(22)13(2)25-16-7-5-15(20)6-8-16/h4-10,13H,3,11-12H2,1-2H3. The fraction of sp³-hybridized carbons (Fsp3) is 0.316. The van der Waals surface area contributed by atoms with E-state index in [0.29, 0.717) is 29.6 Å². The van der Waals surface area contributed by atoms with Gasteiger partial charge in [0.25, 0.3) is 5.91 Å². The van der Waals surface area contributed by atoms with Crippen molar-refractivity contribution >= 4 is 17.5 Å². The number of likely N-dealkylation sites (N-methyl/N-ethyl adjacent to an activating group) is 1. The molecule has 3 rings (SSSR count). The van der Waals surface area contributed by atoms with Crippen molar-refractivity contribution in [3.05, 3.63) is 53.1 Å². The number of ether oxygens (including phenoxy) is 3. The lowest BCUT2D eigenvalue weighted by molar-refractivity contribution is -0.138. The van der Waals surface area contributed by atoms with Crippen molar-refractivity contribution in [2.75, 3.05) is 13.3 Å². The summed E-state index contributed by atoms with van der Waals surface area (Å²) in [4.78, 5) is 14.5. The minimum absolute atomic E-state index is 0.0740. The van der Waals surface area contributed by atoms with Crippen LogP contribution in [0.5, 0.6) is 17.2 Å². The molecule has 1 amide bonds. The van der Waals surface area contributed by atoms with Gasteiger partial charge in [-0.25, -0.2) is 0 Å². The van der Waals surface area contributed by atoms with Gasteiger partial charge in [-0.15, -0.1) is 0 Å². The van der Waals surface area contributed by atoms with E-state index in [0.717, 1.165) is 11.3 Å². The molecule has 5 nitrogen and oxygen atoms in total. The molecular weight excluding hydrogens is 342 g/mol. The average molecular weight is 362 g/mol. The molecule has 0 saturated carbocycles. The smallest absolute Gasteiger partial charge is 0.263 e. The second-order valence-electron chi connectivity index (χ2n) is 5.75. The number of hydrogen-bond acceptors (Lipinski definition) is 4. The maximum atomic E-state index is 12.7. The first-order valence-corrected chi connectivity index (χ1v) is 8.54. The third kappa shape index (κ3) is 4.17. The fourth-order valence-electron chi connectivity index (χ4n) is 2.63. The third-order valence-corrected chi connectivity index (χ3v) is 4.23. The summed E-state index contributed by atoms with van der Waals surface area (Å²) in [6.07, 6.45) is -0.588. The van der Waals surface area contributed by atoms with Gasteiger partial charge in [0.15, 0.2) is 17.6 Å². The molecule has 0 aliphatic carbocycles. The predicted octanol–water partition coefficient (Wildman–Crippen LogP) is 3.88. The molecule has 1 heterocycles. The second kappa shape index (κ2) is 7.66. The first-order valence-electron chi connectivity index (χ1n) is 8.16. The van der Waals surface area contributed by atoms with Gasteiger partial charge in [0.05, 0.1) is 0 Å². The van der Waals surface area contributed by atoms with Crippen molar-refractivity contribution in [1.29, 1.82) is 0 Å². The molecule has 1 unspecified atom stereocenters. The topological polar surface area (TPSA) is 48.0 Å². The Hall–Kier alpha value is -2.40. The van der Waals surface area contributed by atoms with Gasteiger partial charge in [0.2, 0.25) is 6.79 Å². The van der Waals surface area contributed by atoms with Crippen LogP contribution in [0.2, 0.25) is 5.02 Å². The SMILES string of the molecule is CCN(Cc1ccc2c(c1)OCO2)C(=O)C(C)Oc1ccc(Cl)cc1. The number of carbonyl (C=O) groups is 1. The molecule has 0 bridgehead atoms. The quantitative estimate of drug-likeness (QED) is 0.783. The van der Waals surface area contributed by atoms with Crippen LogP contribution >= 0.6 is 11.6 Å². The Labute approximate surface area is 152 Å². The molecule has 1 aliphatic heterocycles. The van der Waals surface area contributed by atoms with Crippen molar-refractivity contribution in [1.82, 2.24) is 4.90 Å². The van der Waals surface area contributed by atoms with E-state index in [2.05, 4.69) is 0 Å². The Morgan fingerprint density at radius 2 is 1.92 bits per heavy atom. The highest BCUT2D eigenvalue weighted by atomic mass is 35.5. The predicted molar refractivity (Wildman–Crippen MR) is 95.2 cm³/mol. The van der Waals surface area contributed by atoms with E-state index in [1.807, 2.05) is 25.1 Å².